The molecule has 1 atom stereocenters. The van der Waals surface area contributed by atoms with Crippen LogP contribution < -0.4 is 0 Å². The second kappa shape index (κ2) is 6.54. The van der Waals surface area contributed by atoms with Crippen LogP contribution in [0.3, 0.4) is 0 Å². The van der Waals surface area contributed by atoms with E-state index < -0.39 is 18.2 Å². The van der Waals surface area contributed by atoms with Crippen LogP contribution in [0.2, 0.25) is 20.1 Å². The number of oxime groups is 1. The van der Waals surface area contributed by atoms with Crippen LogP contribution in [0.15, 0.2) is 41.6 Å². The number of nitrogens with zero attached hydrogens (tertiary/aromatic N) is 1. The van der Waals surface area contributed by atoms with E-state index in [1.54, 1.807) is 18.2 Å². The molecule has 3 rings (SSSR count). The maximum Gasteiger partial charge on any atom is 0.435 e. The first kappa shape index (κ1) is 18.6. The Morgan fingerprint density at radius 3 is 2.20 bits per heavy atom. The fraction of sp³-hybridized carbons (Fsp3) is 0.188. The molecule has 0 radical (unpaired) electrons. The third-order valence-corrected chi connectivity index (χ3v) is 5.23. The minimum Gasteiger partial charge on any atom is -0.374 e. The lowest BCUT2D eigenvalue weighted by Crippen LogP contribution is -2.42. The molecule has 0 amide bonds. The van der Waals surface area contributed by atoms with Gasteiger partial charge in [0.15, 0.2) is 0 Å². The van der Waals surface area contributed by atoms with Crippen molar-refractivity contribution in [1.29, 1.82) is 0 Å². The van der Waals surface area contributed by atoms with Crippen molar-refractivity contribution in [3.63, 3.8) is 0 Å². The molecule has 132 valence electrons. The maximum atomic E-state index is 13.9. The third kappa shape index (κ3) is 3.31. The second-order valence-electron chi connectivity index (χ2n) is 5.40. The largest absolute Gasteiger partial charge is 0.435 e. The quantitative estimate of drug-likeness (QED) is 0.477. The molecule has 2 nitrogen and oxygen atoms in total. The normalized spacial score (nSPS) is 20.4. The van der Waals surface area contributed by atoms with E-state index in [4.69, 9.17) is 51.2 Å². The number of rotatable bonds is 2. The van der Waals surface area contributed by atoms with Crippen LogP contribution in [0, 0.1) is 0 Å². The summed E-state index contributed by atoms with van der Waals surface area (Å²) in [6, 6.07) is 8.50. The van der Waals surface area contributed by atoms with Crippen molar-refractivity contribution in [3.05, 3.63) is 67.6 Å². The van der Waals surface area contributed by atoms with Gasteiger partial charge < -0.3 is 4.84 Å². The van der Waals surface area contributed by atoms with Crippen LogP contribution in [0.4, 0.5) is 13.2 Å². The molecule has 1 heterocycles. The number of halogens is 7. The third-order valence-electron chi connectivity index (χ3n) is 3.79. The number of alkyl halides is 3. The van der Waals surface area contributed by atoms with Crippen LogP contribution in [-0.4, -0.2) is 11.9 Å². The minimum absolute atomic E-state index is 0.0293. The average Bonchev–Trinajstić information content (AvgIpc) is 2.98. The summed E-state index contributed by atoms with van der Waals surface area (Å²) in [5.41, 5.74) is -2.44. The zero-order valence-electron chi connectivity index (χ0n) is 12.2. The fourth-order valence-electron chi connectivity index (χ4n) is 2.52. The molecule has 1 aliphatic rings. The summed E-state index contributed by atoms with van der Waals surface area (Å²) in [5, 5.41) is 3.78. The number of benzene rings is 2. The van der Waals surface area contributed by atoms with Crippen LogP contribution >= 0.6 is 46.4 Å². The summed E-state index contributed by atoms with van der Waals surface area (Å²) in [4.78, 5) is 4.91. The molecule has 2 aromatic rings. The SMILES string of the molecule is FC(F)(F)[C@@]1(c2cc(Cl)c(Cl)c(Cl)c2)CC(c2cccc(Cl)c2)=NO1. The first-order valence-corrected chi connectivity index (χ1v) is 8.38. The molecule has 0 spiro atoms. The predicted octanol–water partition coefficient (Wildman–Crippen LogP) is 6.88. The zero-order valence-corrected chi connectivity index (χ0v) is 15.2. The fourth-order valence-corrected chi connectivity index (χ4v) is 3.30. The zero-order chi connectivity index (χ0) is 18.4. The highest BCUT2D eigenvalue weighted by Gasteiger charge is 2.62. The summed E-state index contributed by atoms with van der Waals surface area (Å²) >= 11 is 23.5. The standard InChI is InChI=1S/C16H8Cl4F3NO/c17-10-3-1-2-8(4-10)13-7-15(25-24-13,16(21,22)23)9-5-11(18)14(20)12(19)6-9/h1-6H,7H2/t15-/m0/s1. The van der Waals surface area contributed by atoms with Gasteiger partial charge in [-0.05, 0) is 24.3 Å². The summed E-state index contributed by atoms with van der Waals surface area (Å²) in [6.45, 7) is 0. The molecule has 0 unspecified atom stereocenters. The van der Waals surface area contributed by atoms with Gasteiger partial charge in [-0.3, -0.25) is 0 Å². The van der Waals surface area contributed by atoms with Crippen molar-refractivity contribution >= 4 is 52.1 Å². The van der Waals surface area contributed by atoms with Gasteiger partial charge in [0, 0.05) is 22.6 Å². The van der Waals surface area contributed by atoms with E-state index in [1.165, 1.54) is 6.07 Å². The summed E-state index contributed by atoms with van der Waals surface area (Å²) < 4.78 is 41.7. The van der Waals surface area contributed by atoms with Gasteiger partial charge in [-0.25, -0.2) is 0 Å². The first-order chi connectivity index (χ1) is 11.6. The van der Waals surface area contributed by atoms with Gasteiger partial charge in [-0.2, -0.15) is 13.2 Å². The van der Waals surface area contributed by atoms with Gasteiger partial charge in [0.05, 0.1) is 20.8 Å². The van der Waals surface area contributed by atoms with Crippen LogP contribution in [0.5, 0.6) is 0 Å². The van der Waals surface area contributed by atoms with Gasteiger partial charge in [0.2, 0.25) is 0 Å². The van der Waals surface area contributed by atoms with Gasteiger partial charge in [0.1, 0.15) is 0 Å². The van der Waals surface area contributed by atoms with Crippen LogP contribution in [0.25, 0.3) is 0 Å². The van der Waals surface area contributed by atoms with Gasteiger partial charge >= 0.3 is 6.18 Å². The van der Waals surface area contributed by atoms with Crippen molar-refractivity contribution < 1.29 is 18.0 Å². The maximum absolute atomic E-state index is 13.9. The van der Waals surface area contributed by atoms with Gasteiger partial charge in [-0.1, -0.05) is 63.7 Å². The molecule has 0 fully saturated rings. The Hall–Kier alpha value is -1.14. The van der Waals surface area contributed by atoms with E-state index in [0.717, 1.165) is 12.1 Å². The van der Waals surface area contributed by atoms with Gasteiger partial charge in [-0.15, -0.1) is 0 Å². The molecule has 0 N–H and O–H groups in total. The Balaban J connectivity index is 2.07. The second-order valence-corrected chi connectivity index (χ2v) is 7.02. The monoisotopic (exact) mass is 427 g/mol. The summed E-state index contributed by atoms with van der Waals surface area (Å²) in [5.74, 6) is 0. The molecule has 1 aliphatic heterocycles. The molecule has 9 heteroatoms. The van der Waals surface area contributed by atoms with E-state index in [9.17, 15) is 13.2 Å². The highest BCUT2D eigenvalue weighted by molar-refractivity contribution is 6.48. The van der Waals surface area contributed by atoms with Crippen molar-refractivity contribution in [2.24, 2.45) is 5.16 Å². The van der Waals surface area contributed by atoms with Crippen molar-refractivity contribution in [3.8, 4) is 0 Å². The number of hydrogen-bond acceptors (Lipinski definition) is 2. The van der Waals surface area contributed by atoms with E-state index in [-0.39, 0.29) is 26.3 Å². The Morgan fingerprint density at radius 2 is 1.64 bits per heavy atom. The molecule has 0 aromatic heterocycles. The lowest BCUT2D eigenvalue weighted by molar-refractivity contribution is -0.275. The lowest BCUT2D eigenvalue weighted by Gasteiger charge is -2.29. The Kier molecular flexibility index (Phi) is 4.88. The van der Waals surface area contributed by atoms with Crippen LogP contribution in [-0.2, 0) is 10.4 Å². The number of hydrogen-bond donors (Lipinski definition) is 0. The topological polar surface area (TPSA) is 21.6 Å². The van der Waals surface area contributed by atoms with Gasteiger partial charge in [0.25, 0.3) is 5.60 Å². The smallest absolute Gasteiger partial charge is 0.374 e. The molecule has 25 heavy (non-hydrogen) atoms. The van der Waals surface area contributed by atoms with E-state index in [0.29, 0.717) is 10.6 Å². The van der Waals surface area contributed by atoms with Crippen LogP contribution in [0.1, 0.15) is 17.5 Å². The Morgan fingerprint density at radius 1 is 1.00 bits per heavy atom. The summed E-state index contributed by atoms with van der Waals surface area (Å²) in [6.07, 6.45) is -5.32. The van der Waals surface area contributed by atoms with E-state index >= 15 is 0 Å². The lowest BCUT2D eigenvalue weighted by atomic mass is 9.86. The molecular weight excluding hydrogens is 421 g/mol. The molecular formula is C16H8Cl4F3NO. The molecule has 0 bridgehead atoms. The highest BCUT2D eigenvalue weighted by atomic mass is 35.5. The summed E-state index contributed by atoms with van der Waals surface area (Å²) in [7, 11) is 0. The van der Waals surface area contributed by atoms with Crippen molar-refractivity contribution in [2.75, 3.05) is 0 Å². The molecule has 0 saturated carbocycles. The predicted molar refractivity (Wildman–Crippen MR) is 92.9 cm³/mol. The Bertz CT molecular complexity index is 846. The van der Waals surface area contributed by atoms with E-state index in [2.05, 4.69) is 5.16 Å². The first-order valence-electron chi connectivity index (χ1n) is 6.87. The van der Waals surface area contributed by atoms with Crippen molar-refractivity contribution in [2.45, 2.75) is 18.2 Å². The molecule has 2 aromatic carbocycles. The molecule has 0 saturated heterocycles. The van der Waals surface area contributed by atoms with Crippen molar-refractivity contribution in [1.82, 2.24) is 0 Å². The Labute approximate surface area is 161 Å². The van der Waals surface area contributed by atoms with E-state index in [1.807, 2.05) is 0 Å². The highest BCUT2D eigenvalue weighted by Crippen LogP contribution is 2.50. The average molecular weight is 429 g/mol. The minimum atomic E-state index is -4.77. The molecule has 0 aliphatic carbocycles.